The van der Waals surface area contributed by atoms with Gasteiger partial charge >= 0.3 is 0 Å². The molecule has 6 nitrogen and oxygen atoms in total. The van der Waals surface area contributed by atoms with Gasteiger partial charge in [0.1, 0.15) is 0 Å². The van der Waals surface area contributed by atoms with E-state index in [1.807, 2.05) is 42.5 Å². The second-order valence-corrected chi connectivity index (χ2v) is 12.0. The van der Waals surface area contributed by atoms with E-state index in [-0.39, 0.29) is 0 Å². The van der Waals surface area contributed by atoms with Crippen molar-refractivity contribution in [1.29, 1.82) is 0 Å². The van der Waals surface area contributed by atoms with Gasteiger partial charge in [0.25, 0.3) is 5.91 Å². The van der Waals surface area contributed by atoms with Gasteiger partial charge in [-0.05, 0) is 53.3 Å². The van der Waals surface area contributed by atoms with E-state index in [2.05, 4.69) is 48.2 Å². The average molecular weight is 527 g/mol. The summed E-state index contributed by atoms with van der Waals surface area (Å²) in [5.41, 5.74) is 4.43. The van der Waals surface area contributed by atoms with Crippen molar-refractivity contribution in [2.45, 2.75) is 31.3 Å². The first-order valence-corrected chi connectivity index (χ1v) is 14.8. The molecule has 0 spiro atoms. The van der Waals surface area contributed by atoms with Gasteiger partial charge in [-0.3, -0.25) is 4.79 Å². The topological polar surface area (TPSA) is 95.5 Å². The molecule has 0 bridgehead atoms. The fourth-order valence-electron chi connectivity index (χ4n) is 3.62. The van der Waals surface area contributed by atoms with E-state index in [0.29, 0.717) is 18.0 Å². The molecule has 0 heterocycles. The first-order chi connectivity index (χ1) is 17.1. The molecule has 1 atom stereocenters. The van der Waals surface area contributed by atoms with Gasteiger partial charge in [0, 0.05) is 17.2 Å². The number of hydrogen-bond donors (Lipinski definition) is 3. The van der Waals surface area contributed by atoms with Crippen LogP contribution in [0.25, 0.3) is 11.1 Å². The lowest BCUT2D eigenvalue weighted by atomic mass is 10.0. The summed E-state index contributed by atoms with van der Waals surface area (Å²) in [5, 5.41) is 13.6. The zero-order valence-electron chi connectivity index (χ0n) is 20.9. The molecule has 3 aromatic rings. The van der Waals surface area contributed by atoms with Gasteiger partial charge in [0.05, 0.1) is 17.9 Å². The number of thioether (sulfide) groups is 1. The third-order valence-corrected chi connectivity index (χ3v) is 7.51. The number of amides is 1. The molecular formula is C28H34N2O4S2. The van der Waals surface area contributed by atoms with Crippen molar-refractivity contribution >= 4 is 27.7 Å². The van der Waals surface area contributed by atoms with Crippen LogP contribution in [0.3, 0.4) is 0 Å². The van der Waals surface area contributed by atoms with Gasteiger partial charge in [-0.15, -0.1) is 11.8 Å². The van der Waals surface area contributed by atoms with E-state index >= 15 is 0 Å². The highest BCUT2D eigenvalue weighted by Crippen LogP contribution is 2.30. The van der Waals surface area contributed by atoms with E-state index in [9.17, 15) is 18.3 Å². The molecule has 1 amide bonds. The van der Waals surface area contributed by atoms with E-state index in [1.165, 1.54) is 5.56 Å². The molecule has 36 heavy (non-hydrogen) atoms. The number of benzene rings is 3. The van der Waals surface area contributed by atoms with E-state index in [4.69, 9.17) is 0 Å². The van der Waals surface area contributed by atoms with E-state index < -0.39 is 22.0 Å². The molecule has 0 aliphatic heterocycles. The van der Waals surface area contributed by atoms with Gasteiger partial charge in [-0.2, -0.15) is 0 Å². The van der Waals surface area contributed by atoms with Crippen LogP contribution in [0, 0.1) is 5.92 Å². The van der Waals surface area contributed by atoms with Crippen molar-refractivity contribution in [1.82, 2.24) is 10.0 Å². The third-order valence-electron chi connectivity index (χ3n) is 5.48. The average Bonchev–Trinajstić information content (AvgIpc) is 2.85. The lowest BCUT2D eigenvalue weighted by molar-refractivity contribution is 0.0979. The SMILES string of the molecule is CC(C)CSc1cc(-c2ccc(CCNC[C@H](O)c3ccccc3)cc2)ccc1C(=O)NS(C)(=O)=O. The summed E-state index contributed by atoms with van der Waals surface area (Å²) in [7, 11) is -3.64. The Hall–Kier alpha value is -2.65. The predicted octanol–water partition coefficient (Wildman–Crippen LogP) is 4.66. The fraction of sp³-hybridized carbons (Fsp3) is 0.321. The van der Waals surface area contributed by atoms with Crippen LogP contribution in [-0.2, 0) is 16.4 Å². The minimum absolute atomic E-state index is 0.357. The van der Waals surface area contributed by atoms with Crippen molar-refractivity contribution in [2.75, 3.05) is 25.1 Å². The van der Waals surface area contributed by atoms with Crippen LogP contribution in [-0.4, -0.2) is 44.5 Å². The second kappa shape index (κ2) is 13.1. The summed E-state index contributed by atoms with van der Waals surface area (Å²) in [6.07, 6.45) is 1.28. The second-order valence-electron chi connectivity index (χ2n) is 9.20. The number of carbonyl (C=O) groups is 1. The number of sulfonamides is 1. The molecule has 0 aromatic heterocycles. The van der Waals surface area contributed by atoms with Crippen LogP contribution < -0.4 is 10.0 Å². The van der Waals surface area contributed by atoms with Gasteiger partial charge in [-0.1, -0.05) is 74.5 Å². The Labute approximate surface area is 218 Å². The zero-order chi connectivity index (χ0) is 26.1. The number of aliphatic hydroxyl groups excluding tert-OH is 1. The molecule has 0 aliphatic carbocycles. The summed E-state index contributed by atoms with van der Waals surface area (Å²) in [5.74, 6) is 0.620. The van der Waals surface area contributed by atoms with Crippen LogP contribution in [0.1, 0.15) is 41.4 Å². The Morgan fingerprint density at radius 3 is 2.28 bits per heavy atom. The maximum Gasteiger partial charge on any atom is 0.265 e. The Morgan fingerprint density at radius 1 is 0.972 bits per heavy atom. The first kappa shape index (κ1) is 27.9. The van der Waals surface area contributed by atoms with Crippen molar-refractivity contribution in [2.24, 2.45) is 5.92 Å². The number of nitrogens with one attached hydrogen (secondary N) is 2. The highest BCUT2D eigenvalue weighted by molar-refractivity contribution is 7.99. The minimum Gasteiger partial charge on any atom is -0.387 e. The van der Waals surface area contributed by atoms with Crippen LogP contribution >= 0.6 is 11.8 Å². The number of carbonyl (C=O) groups excluding carboxylic acids is 1. The lowest BCUT2D eigenvalue weighted by Crippen LogP contribution is -2.29. The molecule has 0 radical (unpaired) electrons. The molecule has 8 heteroatoms. The molecule has 3 N–H and O–H groups in total. The van der Waals surface area contributed by atoms with Gasteiger partial charge in [0.2, 0.25) is 10.0 Å². The van der Waals surface area contributed by atoms with Crippen LogP contribution in [0.2, 0.25) is 0 Å². The Kier molecular flexibility index (Phi) is 10.1. The van der Waals surface area contributed by atoms with Crippen LogP contribution in [0.4, 0.5) is 0 Å². The molecule has 3 rings (SSSR count). The minimum atomic E-state index is -3.64. The predicted molar refractivity (Wildman–Crippen MR) is 148 cm³/mol. The number of hydrogen-bond acceptors (Lipinski definition) is 6. The third kappa shape index (κ3) is 8.78. The molecule has 0 saturated heterocycles. The number of rotatable bonds is 12. The summed E-state index contributed by atoms with van der Waals surface area (Å²) in [6, 6.07) is 23.4. The van der Waals surface area contributed by atoms with Crippen LogP contribution in [0.15, 0.2) is 77.7 Å². The van der Waals surface area contributed by atoms with E-state index in [0.717, 1.165) is 46.6 Å². The maximum atomic E-state index is 12.5. The first-order valence-electron chi connectivity index (χ1n) is 11.9. The quantitative estimate of drug-likeness (QED) is 0.235. The van der Waals surface area contributed by atoms with Gasteiger partial charge in [0.15, 0.2) is 0 Å². The van der Waals surface area contributed by atoms with Crippen molar-refractivity contribution < 1.29 is 18.3 Å². The Morgan fingerprint density at radius 2 is 1.64 bits per heavy atom. The summed E-state index contributed by atoms with van der Waals surface area (Å²) in [6.45, 7) is 5.45. The fourth-order valence-corrected chi connectivity index (χ4v) is 5.10. The van der Waals surface area contributed by atoms with Crippen molar-refractivity contribution in [3.63, 3.8) is 0 Å². The largest absolute Gasteiger partial charge is 0.387 e. The van der Waals surface area contributed by atoms with E-state index in [1.54, 1.807) is 17.8 Å². The Balaban J connectivity index is 1.64. The maximum absolute atomic E-state index is 12.5. The highest BCUT2D eigenvalue weighted by atomic mass is 32.2. The zero-order valence-corrected chi connectivity index (χ0v) is 22.5. The standard InChI is InChI=1S/C28H34N2O4S2/c1-20(2)19-35-27-17-24(13-14-25(27)28(32)30-36(3,33)34)22-11-9-21(10-12-22)15-16-29-18-26(31)23-7-5-4-6-8-23/h4-14,17,20,26,29,31H,15-16,18-19H2,1-3H3,(H,30,32)/t26-/m0/s1. The van der Waals surface area contributed by atoms with Gasteiger partial charge < -0.3 is 10.4 Å². The molecule has 0 fully saturated rings. The monoisotopic (exact) mass is 526 g/mol. The molecule has 0 unspecified atom stereocenters. The molecular weight excluding hydrogens is 492 g/mol. The molecule has 3 aromatic carbocycles. The van der Waals surface area contributed by atoms with Gasteiger partial charge in [-0.25, -0.2) is 13.1 Å². The smallest absolute Gasteiger partial charge is 0.265 e. The number of aliphatic hydroxyl groups is 1. The van der Waals surface area contributed by atoms with Crippen molar-refractivity contribution in [3.05, 3.63) is 89.5 Å². The molecule has 0 aliphatic rings. The summed E-state index contributed by atoms with van der Waals surface area (Å²) >= 11 is 1.55. The Bertz CT molecular complexity index is 1240. The highest BCUT2D eigenvalue weighted by Gasteiger charge is 2.17. The normalized spacial score (nSPS) is 12.5. The van der Waals surface area contributed by atoms with Crippen molar-refractivity contribution in [3.8, 4) is 11.1 Å². The lowest BCUT2D eigenvalue weighted by Gasteiger charge is -2.13. The molecule has 192 valence electrons. The summed E-state index contributed by atoms with van der Waals surface area (Å²) < 4.78 is 25.2. The van der Waals surface area contributed by atoms with Crippen LogP contribution in [0.5, 0.6) is 0 Å². The summed E-state index contributed by atoms with van der Waals surface area (Å²) in [4.78, 5) is 13.3. The molecule has 0 saturated carbocycles.